The molecule has 8 nitrogen and oxygen atoms in total. The van der Waals surface area contributed by atoms with Crippen LogP contribution in [0.3, 0.4) is 0 Å². The van der Waals surface area contributed by atoms with Crippen molar-refractivity contribution in [3.63, 3.8) is 0 Å². The molecule has 0 unspecified atom stereocenters. The summed E-state index contributed by atoms with van der Waals surface area (Å²) in [6.45, 7) is 5.36. The molecule has 1 N–H and O–H groups in total. The van der Waals surface area contributed by atoms with Crippen molar-refractivity contribution in [1.29, 1.82) is 0 Å². The van der Waals surface area contributed by atoms with Gasteiger partial charge >= 0.3 is 0 Å². The molecule has 2 aromatic rings. The van der Waals surface area contributed by atoms with Crippen molar-refractivity contribution < 1.29 is 28.9 Å². The van der Waals surface area contributed by atoms with E-state index in [1.807, 2.05) is 32.8 Å². The number of benzene rings is 2. The number of ketones is 1. The highest BCUT2D eigenvalue weighted by molar-refractivity contribution is 6.46. The number of ether oxygens (including phenoxy) is 3. The second kappa shape index (κ2) is 11.3. The highest BCUT2D eigenvalue weighted by Crippen LogP contribution is 2.42. The Bertz CT molecular complexity index is 1120. The van der Waals surface area contributed by atoms with E-state index in [0.717, 1.165) is 12.0 Å². The number of Topliss-reactive ketones (excluding diaryl/α,β-unsaturated/α-hetero) is 1. The number of nitrogens with zero attached hydrogens (tertiary/aromatic N) is 2. The summed E-state index contributed by atoms with van der Waals surface area (Å²) in [7, 11) is 6.85. The number of rotatable bonds is 10. The lowest BCUT2D eigenvalue weighted by Crippen LogP contribution is -2.35. The van der Waals surface area contributed by atoms with Crippen molar-refractivity contribution >= 4 is 17.4 Å². The number of methoxy groups -OCH3 is 2. The molecule has 1 heterocycles. The molecule has 35 heavy (non-hydrogen) atoms. The maximum absolute atomic E-state index is 13.2. The summed E-state index contributed by atoms with van der Waals surface area (Å²) in [6, 6.07) is 9.70. The molecule has 1 amide bonds. The molecule has 0 aromatic heterocycles. The van der Waals surface area contributed by atoms with Crippen LogP contribution in [0.4, 0.5) is 0 Å². The summed E-state index contributed by atoms with van der Waals surface area (Å²) >= 11 is 0. The minimum absolute atomic E-state index is 0.0441. The number of aliphatic hydroxyl groups excluding tert-OH is 1. The molecule has 1 fully saturated rings. The Morgan fingerprint density at radius 2 is 1.71 bits per heavy atom. The summed E-state index contributed by atoms with van der Waals surface area (Å²) in [5.74, 6) is 0.126. The predicted octanol–water partition coefficient (Wildman–Crippen LogP) is 3.78. The highest BCUT2D eigenvalue weighted by Gasteiger charge is 2.46. The van der Waals surface area contributed by atoms with Crippen LogP contribution in [0.1, 0.15) is 36.1 Å². The number of likely N-dealkylation sites (N-methyl/N-ethyl adjacent to an activating group) is 1. The van der Waals surface area contributed by atoms with E-state index in [9.17, 15) is 14.7 Å². The monoisotopic (exact) mass is 482 g/mol. The number of carbonyl (C=O) groups excluding carboxylic acids is 2. The third-order valence-corrected chi connectivity index (χ3v) is 5.96. The Morgan fingerprint density at radius 3 is 2.31 bits per heavy atom. The second-order valence-corrected chi connectivity index (χ2v) is 8.74. The van der Waals surface area contributed by atoms with Gasteiger partial charge in [0.15, 0.2) is 11.5 Å². The van der Waals surface area contributed by atoms with Gasteiger partial charge in [-0.3, -0.25) is 9.59 Å². The fourth-order valence-corrected chi connectivity index (χ4v) is 4.11. The molecule has 2 aromatic carbocycles. The zero-order valence-electron chi connectivity index (χ0n) is 21.3. The van der Waals surface area contributed by atoms with E-state index in [-0.39, 0.29) is 11.3 Å². The quantitative estimate of drug-likeness (QED) is 0.313. The third-order valence-electron chi connectivity index (χ3n) is 5.96. The lowest BCUT2D eigenvalue weighted by Gasteiger charge is -2.27. The van der Waals surface area contributed by atoms with Crippen LogP contribution in [0.15, 0.2) is 42.0 Å². The summed E-state index contributed by atoms with van der Waals surface area (Å²) < 4.78 is 16.5. The normalized spacial score (nSPS) is 17.2. The number of hydrogen-bond donors (Lipinski definition) is 1. The topological polar surface area (TPSA) is 88.5 Å². The van der Waals surface area contributed by atoms with E-state index in [1.165, 1.54) is 19.1 Å². The lowest BCUT2D eigenvalue weighted by molar-refractivity contribution is -0.140. The fraction of sp³-hybridized carbons (Fsp3) is 0.407. The number of carbonyl (C=O) groups is 2. The molecule has 0 radical (unpaired) electrons. The zero-order valence-corrected chi connectivity index (χ0v) is 21.3. The fourth-order valence-electron chi connectivity index (χ4n) is 4.11. The van der Waals surface area contributed by atoms with E-state index in [0.29, 0.717) is 48.1 Å². The van der Waals surface area contributed by atoms with E-state index < -0.39 is 17.7 Å². The summed E-state index contributed by atoms with van der Waals surface area (Å²) in [6.07, 6.45) is 0.878. The van der Waals surface area contributed by atoms with Crippen molar-refractivity contribution in [2.24, 2.45) is 0 Å². The van der Waals surface area contributed by atoms with Crippen molar-refractivity contribution in [2.75, 3.05) is 48.0 Å². The second-order valence-electron chi connectivity index (χ2n) is 8.74. The first-order valence-corrected chi connectivity index (χ1v) is 11.6. The van der Waals surface area contributed by atoms with Crippen molar-refractivity contribution in [3.05, 3.63) is 58.7 Å². The Hall–Kier alpha value is -3.52. The van der Waals surface area contributed by atoms with Gasteiger partial charge in [-0.25, -0.2) is 0 Å². The van der Waals surface area contributed by atoms with Gasteiger partial charge in [0.05, 0.1) is 32.4 Å². The van der Waals surface area contributed by atoms with Gasteiger partial charge in [-0.2, -0.15) is 0 Å². The van der Waals surface area contributed by atoms with E-state index >= 15 is 0 Å². The minimum atomic E-state index is -0.772. The van der Waals surface area contributed by atoms with Crippen LogP contribution in [-0.4, -0.2) is 74.6 Å². The highest BCUT2D eigenvalue weighted by atomic mass is 16.5. The third kappa shape index (κ3) is 5.43. The van der Waals surface area contributed by atoms with Gasteiger partial charge in [0.2, 0.25) is 0 Å². The van der Waals surface area contributed by atoms with Crippen LogP contribution in [0.5, 0.6) is 17.2 Å². The van der Waals surface area contributed by atoms with Gasteiger partial charge in [0.25, 0.3) is 11.7 Å². The zero-order chi connectivity index (χ0) is 25.7. The molecular weight excluding hydrogens is 448 g/mol. The Morgan fingerprint density at radius 1 is 1.03 bits per heavy atom. The predicted molar refractivity (Wildman–Crippen MR) is 134 cm³/mol. The van der Waals surface area contributed by atoms with Crippen molar-refractivity contribution in [1.82, 2.24) is 9.80 Å². The number of aliphatic hydroxyl groups is 1. The SMILES string of the molecule is CCCOc1ccc(C(O)=C2C(=O)C(=O)N(CCN(C)C)[C@@H]2c2ccc(OC)c(OC)c2)cc1C. The molecule has 0 bridgehead atoms. The molecule has 1 atom stereocenters. The van der Waals surface area contributed by atoms with E-state index in [2.05, 4.69) is 0 Å². The molecule has 0 aliphatic carbocycles. The average Bonchev–Trinajstić information content (AvgIpc) is 3.10. The van der Waals surface area contributed by atoms with Crippen molar-refractivity contribution in [3.8, 4) is 17.2 Å². The number of amides is 1. The standard InChI is InChI=1S/C27H34N2O6/c1-7-14-35-20-10-9-19(15-17(20)2)25(30)23-24(18-8-11-21(33-5)22(16-18)34-6)29(13-12-28(3)4)27(32)26(23)31/h8-11,15-16,24,30H,7,12-14H2,1-6H3/t24-/m1/s1. The largest absolute Gasteiger partial charge is 0.507 e. The van der Waals surface area contributed by atoms with Gasteiger partial charge in [-0.15, -0.1) is 0 Å². The first-order chi connectivity index (χ1) is 16.7. The average molecular weight is 483 g/mol. The first-order valence-electron chi connectivity index (χ1n) is 11.6. The van der Waals surface area contributed by atoms with Gasteiger partial charge in [-0.05, 0) is 68.9 Å². The van der Waals surface area contributed by atoms with Crippen LogP contribution in [-0.2, 0) is 9.59 Å². The first kappa shape index (κ1) is 26.1. The van der Waals surface area contributed by atoms with E-state index in [1.54, 1.807) is 36.4 Å². The smallest absolute Gasteiger partial charge is 0.295 e. The van der Waals surface area contributed by atoms with E-state index in [4.69, 9.17) is 14.2 Å². The lowest BCUT2D eigenvalue weighted by atomic mass is 9.94. The van der Waals surface area contributed by atoms with Crippen LogP contribution in [0.2, 0.25) is 0 Å². The summed E-state index contributed by atoms with van der Waals surface area (Å²) in [4.78, 5) is 29.8. The summed E-state index contributed by atoms with van der Waals surface area (Å²) in [5.41, 5.74) is 1.96. The molecule has 1 aliphatic heterocycles. The Labute approximate surface area is 206 Å². The van der Waals surface area contributed by atoms with Crippen molar-refractivity contribution in [2.45, 2.75) is 26.3 Å². The molecule has 188 valence electrons. The molecule has 0 saturated carbocycles. The number of likely N-dealkylation sites (tertiary alicyclic amines) is 1. The van der Waals surface area contributed by atoms with Gasteiger partial charge in [-0.1, -0.05) is 13.0 Å². The van der Waals surface area contributed by atoms with Gasteiger partial charge in [0, 0.05) is 18.7 Å². The number of hydrogen-bond acceptors (Lipinski definition) is 7. The molecule has 3 rings (SSSR count). The molecule has 8 heteroatoms. The maximum Gasteiger partial charge on any atom is 0.295 e. The molecule has 1 saturated heterocycles. The molecular formula is C27H34N2O6. The van der Waals surface area contributed by atoms with Gasteiger partial charge < -0.3 is 29.1 Å². The summed E-state index contributed by atoms with van der Waals surface area (Å²) in [5, 5.41) is 11.3. The van der Waals surface area contributed by atoms with Crippen LogP contribution >= 0.6 is 0 Å². The van der Waals surface area contributed by atoms with Crippen LogP contribution < -0.4 is 14.2 Å². The van der Waals surface area contributed by atoms with Crippen LogP contribution in [0, 0.1) is 6.92 Å². The van der Waals surface area contributed by atoms with Gasteiger partial charge in [0.1, 0.15) is 11.5 Å². The van der Waals surface area contributed by atoms with Crippen LogP contribution in [0.25, 0.3) is 5.76 Å². The maximum atomic E-state index is 13.2. The minimum Gasteiger partial charge on any atom is -0.507 e. The number of aryl methyl sites for hydroxylation is 1. The Balaban J connectivity index is 2.14. The molecule has 0 spiro atoms. The molecule has 1 aliphatic rings. The Kier molecular flexibility index (Phi) is 8.40.